The third kappa shape index (κ3) is 3.98. The van der Waals surface area contributed by atoms with E-state index in [2.05, 4.69) is 5.32 Å². The number of nitrogens with one attached hydrogen (secondary N) is 1. The molecule has 98 valence electrons. The Balaban J connectivity index is 2.39. The lowest BCUT2D eigenvalue weighted by atomic mass is 10.2. The Bertz CT molecular complexity index is 283. The average molecular weight is 243 g/mol. The molecule has 2 unspecified atom stereocenters. The number of nitrogens with zero attached hydrogens (tertiary/aromatic N) is 1. The van der Waals surface area contributed by atoms with Gasteiger partial charge in [0, 0.05) is 20.1 Å². The van der Waals surface area contributed by atoms with Crippen LogP contribution in [0.1, 0.15) is 19.8 Å². The quantitative estimate of drug-likeness (QED) is 0.654. The van der Waals surface area contributed by atoms with Crippen LogP contribution in [0, 0.1) is 0 Å². The lowest BCUT2D eigenvalue weighted by molar-refractivity contribution is -0.144. The monoisotopic (exact) mass is 243 g/mol. The summed E-state index contributed by atoms with van der Waals surface area (Å²) < 4.78 is 5.49. The molecule has 0 spiro atoms. The highest BCUT2D eigenvalue weighted by Gasteiger charge is 2.32. The number of hydrogen-bond donors (Lipinski definition) is 2. The summed E-state index contributed by atoms with van der Waals surface area (Å²) in [6.07, 6.45) is 1.02. The van der Waals surface area contributed by atoms with Gasteiger partial charge in [-0.1, -0.05) is 0 Å². The number of likely N-dealkylation sites (N-methyl/N-ethyl adjacent to an activating group) is 2. The van der Waals surface area contributed by atoms with Gasteiger partial charge in [0.1, 0.15) is 6.10 Å². The molecule has 1 rings (SSSR count). The second kappa shape index (κ2) is 6.56. The molecule has 6 heteroatoms. The Kier molecular flexibility index (Phi) is 5.37. The van der Waals surface area contributed by atoms with E-state index in [9.17, 15) is 9.59 Å². The first-order valence-electron chi connectivity index (χ1n) is 5.95. The van der Waals surface area contributed by atoms with Gasteiger partial charge >= 0.3 is 0 Å². The van der Waals surface area contributed by atoms with Crippen LogP contribution < -0.4 is 11.1 Å². The van der Waals surface area contributed by atoms with Crippen molar-refractivity contribution >= 4 is 11.8 Å². The molecule has 1 aliphatic rings. The molecular weight excluding hydrogens is 222 g/mol. The fourth-order valence-electron chi connectivity index (χ4n) is 1.85. The molecule has 0 aliphatic carbocycles. The van der Waals surface area contributed by atoms with E-state index in [1.807, 2.05) is 6.92 Å². The predicted octanol–water partition coefficient (Wildman–Crippen LogP) is -0.913. The number of nitrogens with two attached hydrogens (primary N) is 1. The molecule has 0 saturated carbocycles. The van der Waals surface area contributed by atoms with Gasteiger partial charge < -0.3 is 20.7 Å². The maximum Gasteiger partial charge on any atom is 0.251 e. The van der Waals surface area contributed by atoms with E-state index in [4.69, 9.17) is 10.5 Å². The first-order chi connectivity index (χ1) is 8.08. The van der Waals surface area contributed by atoms with Crippen LogP contribution in [0.2, 0.25) is 0 Å². The first-order valence-corrected chi connectivity index (χ1v) is 5.95. The smallest absolute Gasteiger partial charge is 0.251 e. The molecular formula is C11H21N3O3. The van der Waals surface area contributed by atoms with Gasteiger partial charge in [0.2, 0.25) is 5.91 Å². The number of amides is 2. The lowest BCUT2D eigenvalue weighted by Crippen LogP contribution is -2.43. The summed E-state index contributed by atoms with van der Waals surface area (Å²) in [6, 6.07) is 0. The lowest BCUT2D eigenvalue weighted by Gasteiger charge is -2.20. The Hall–Kier alpha value is -1.14. The zero-order chi connectivity index (χ0) is 12.8. The van der Waals surface area contributed by atoms with Gasteiger partial charge in [0.15, 0.2) is 0 Å². The normalized spacial score (nSPS) is 23.5. The molecule has 2 atom stereocenters. The van der Waals surface area contributed by atoms with Gasteiger partial charge in [-0.2, -0.15) is 0 Å². The highest BCUT2D eigenvalue weighted by Crippen LogP contribution is 2.20. The van der Waals surface area contributed by atoms with Crippen LogP contribution >= 0.6 is 0 Å². The van der Waals surface area contributed by atoms with Crippen molar-refractivity contribution < 1.29 is 14.3 Å². The third-order valence-corrected chi connectivity index (χ3v) is 2.78. The summed E-state index contributed by atoms with van der Waals surface area (Å²) >= 11 is 0. The van der Waals surface area contributed by atoms with Crippen LogP contribution in [-0.2, 0) is 14.3 Å². The zero-order valence-corrected chi connectivity index (χ0v) is 10.4. The van der Waals surface area contributed by atoms with Crippen LogP contribution in [0.4, 0.5) is 0 Å². The SMILES string of the molecule is CCNC(=O)CN(C)C(=O)C1CCC(CN)O1. The molecule has 0 aromatic heterocycles. The molecule has 0 aromatic carbocycles. The number of hydrogen-bond acceptors (Lipinski definition) is 4. The fraction of sp³-hybridized carbons (Fsp3) is 0.818. The predicted molar refractivity (Wildman–Crippen MR) is 63.3 cm³/mol. The van der Waals surface area contributed by atoms with E-state index in [1.54, 1.807) is 7.05 Å². The van der Waals surface area contributed by atoms with Crippen molar-refractivity contribution in [2.45, 2.75) is 32.0 Å². The summed E-state index contributed by atoms with van der Waals surface area (Å²) in [7, 11) is 1.61. The van der Waals surface area contributed by atoms with Gasteiger partial charge in [0.05, 0.1) is 12.6 Å². The van der Waals surface area contributed by atoms with Crippen molar-refractivity contribution in [3.05, 3.63) is 0 Å². The topological polar surface area (TPSA) is 84.7 Å². The van der Waals surface area contributed by atoms with E-state index >= 15 is 0 Å². The molecule has 0 aromatic rings. The molecule has 17 heavy (non-hydrogen) atoms. The average Bonchev–Trinajstić information content (AvgIpc) is 2.76. The zero-order valence-electron chi connectivity index (χ0n) is 10.4. The van der Waals surface area contributed by atoms with Crippen LogP contribution in [-0.4, -0.2) is 55.6 Å². The highest BCUT2D eigenvalue weighted by atomic mass is 16.5. The summed E-state index contributed by atoms with van der Waals surface area (Å²) in [6.45, 7) is 2.91. The number of rotatable bonds is 5. The molecule has 2 amide bonds. The van der Waals surface area contributed by atoms with Gasteiger partial charge in [0.25, 0.3) is 5.91 Å². The molecule has 0 radical (unpaired) electrons. The fourth-order valence-corrected chi connectivity index (χ4v) is 1.85. The molecule has 0 bridgehead atoms. The minimum Gasteiger partial charge on any atom is -0.364 e. The summed E-state index contributed by atoms with van der Waals surface area (Å²) in [4.78, 5) is 24.7. The highest BCUT2D eigenvalue weighted by molar-refractivity contribution is 5.86. The second-order valence-electron chi connectivity index (χ2n) is 4.21. The minimum atomic E-state index is -0.442. The standard InChI is InChI=1S/C11H21N3O3/c1-3-13-10(15)7-14(2)11(16)9-5-4-8(6-12)17-9/h8-9H,3-7,12H2,1-2H3,(H,13,15). The molecule has 3 N–H and O–H groups in total. The molecule has 1 saturated heterocycles. The Morgan fingerprint density at radius 2 is 2.18 bits per heavy atom. The van der Waals surface area contributed by atoms with Crippen molar-refractivity contribution in [2.75, 3.05) is 26.7 Å². The van der Waals surface area contributed by atoms with Gasteiger partial charge in [-0.05, 0) is 19.8 Å². The van der Waals surface area contributed by atoms with Gasteiger partial charge in [-0.3, -0.25) is 9.59 Å². The third-order valence-electron chi connectivity index (χ3n) is 2.78. The number of ether oxygens (including phenoxy) is 1. The molecule has 1 aliphatic heterocycles. The van der Waals surface area contributed by atoms with Gasteiger partial charge in [-0.15, -0.1) is 0 Å². The van der Waals surface area contributed by atoms with Gasteiger partial charge in [-0.25, -0.2) is 0 Å². The molecule has 6 nitrogen and oxygen atoms in total. The van der Waals surface area contributed by atoms with Crippen LogP contribution in [0.25, 0.3) is 0 Å². The molecule has 1 fully saturated rings. The second-order valence-corrected chi connectivity index (χ2v) is 4.21. The van der Waals surface area contributed by atoms with Crippen molar-refractivity contribution in [3.8, 4) is 0 Å². The van der Waals surface area contributed by atoms with Crippen molar-refractivity contribution in [3.63, 3.8) is 0 Å². The summed E-state index contributed by atoms with van der Waals surface area (Å²) in [5.74, 6) is -0.302. The summed E-state index contributed by atoms with van der Waals surface area (Å²) in [5, 5.41) is 2.65. The first kappa shape index (κ1) is 13.9. The van der Waals surface area contributed by atoms with E-state index in [-0.39, 0.29) is 24.5 Å². The van der Waals surface area contributed by atoms with Crippen molar-refractivity contribution in [1.82, 2.24) is 10.2 Å². The van der Waals surface area contributed by atoms with Crippen LogP contribution in [0.3, 0.4) is 0 Å². The Labute approximate surface area is 101 Å². The molecule has 1 heterocycles. The number of carbonyl (C=O) groups is 2. The van der Waals surface area contributed by atoms with E-state index in [0.29, 0.717) is 19.5 Å². The Morgan fingerprint density at radius 3 is 2.71 bits per heavy atom. The van der Waals surface area contributed by atoms with E-state index in [1.165, 1.54) is 4.90 Å². The van der Waals surface area contributed by atoms with Crippen molar-refractivity contribution in [1.29, 1.82) is 0 Å². The maximum absolute atomic E-state index is 11.9. The number of carbonyl (C=O) groups excluding carboxylic acids is 2. The summed E-state index contributed by atoms with van der Waals surface area (Å²) in [5.41, 5.74) is 5.48. The van der Waals surface area contributed by atoms with E-state index in [0.717, 1.165) is 6.42 Å². The van der Waals surface area contributed by atoms with Crippen molar-refractivity contribution in [2.24, 2.45) is 5.73 Å². The van der Waals surface area contributed by atoms with Crippen LogP contribution in [0.15, 0.2) is 0 Å². The van der Waals surface area contributed by atoms with E-state index < -0.39 is 6.10 Å². The Morgan fingerprint density at radius 1 is 1.47 bits per heavy atom. The minimum absolute atomic E-state index is 0.0261. The maximum atomic E-state index is 11.9. The largest absolute Gasteiger partial charge is 0.364 e. The van der Waals surface area contributed by atoms with Crippen LogP contribution in [0.5, 0.6) is 0 Å².